The lowest BCUT2D eigenvalue weighted by atomic mass is 10.1. The second-order valence-electron chi connectivity index (χ2n) is 5.29. The van der Waals surface area contributed by atoms with Crippen LogP contribution in [0.4, 0.5) is 11.4 Å². The third-order valence-corrected chi connectivity index (χ3v) is 4.22. The van der Waals surface area contributed by atoms with Crippen molar-refractivity contribution in [1.29, 1.82) is 0 Å². The summed E-state index contributed by atoms with van der Waals surface area (Å²) in [5.41, 5.74) is 3.24. The van der Waals surface area contributed by atoms with Crippen molar-refractivity contribution >= 4 is 33.0 Å². The molecule has 4 nitrogen and oxygen atoms in total. The number of aryl methyl sites for hydroxylation is 1. The molecule has 0 aliphatic rings. The summed E-state index contributed by atoms with van der Waals surface area (Å²) in [6.45, 7) is 3.86. The zero-order valence-corrected chi connectivity index (χ0v) is 14.3. The van der Waals surface area contributed by atoms with Crippen molar-refractivity contribution < 1.29 is 8.42 Å². The summed E-state index contributed by atoms with van der Waals surface area (Å²) < 4.78 is 25.3. The molecular weight excluding hydrogens is 320 g/mol. The van der Waals surface area contributed by atoms with Gasteiger partial charge in [0.1, 0.15) is 0 Å². The van der Waals surface area contributed by atoms with E-state index >= 15 is 0 Å². The molecule has 0 saturated carbocycles. The van der Waals surface area contributed by atoms with Gasteiger partial charge in [-0.15, -0.1) is 0 Å². The van der Waals surface area contributed by atoms with Crippen LogP contribution in [0.2, 0.25) is 5.02 Å². The highest BCUT2D eigenvalue weighted by molar-refractivity contribution is 7.92. The van der Waals surface area contributed by atoms with Crippen LogP contribution < -0.4 is 10.0 Å². The Kier molecular flexibility index (Phi) is 4.98. The van der Waals surface area contributed by atoms with Gasteiger partial charge in [0.05, 0.1) is 11.9 Å². The molecule has 0 heterocycles. The normalized spacial score (nSPS) is 12.7. The molecule has 0 spiro atoms. The number of hydrogen-bond donors (Lipinski definition) is 2. The first kappa shape index (κ1) is 16.6. The summed E-state index contributed by atoms with van der Waals surface area (Å²) in [6, 6.07) is 13.2. The van der Waals surface area contributed by atoms with E-state index in [1.165, 1.54) is 0 Å². The van der Waals surface area contributed by atoms with E-state index in [1.54, 1.807) is 6.07 Å². The van der Waals surface area contributed by atoms with Crippen molar-refractivity contribution in [3.63, 3.8) is 0 Å². The van der Waals surface area contributed by atoms with Gasteiger partial charge in [-0.3, -0.25) is 4.72 Å². The quantitative estimate of drug-likeness (QED) is 0.859. The summed E-state index contributed by atoms with van der Waals surface area (Å²) in [5, 5.41) is 4.03. The highest BCUT2D eigenvalue weighted by Crippen LogP contribution is 2.28. The van der Waals surface area contributed by atoms with Gasteiger partial charge in [-0.1, -0.05) is 35.9 Å². The van der Waals surface area contributed by atoms with Crippen LogP contribution >= 0.6 is 11.6 Å². The van der Waals surface area contributed by atoms with Gasteiger partial charge in [0.15, 0.2) is 0 Å². The topological polar surface area (TPSA) is 58.2 Å². The molecular formula is C16H19ClN2O2S. The van der Waals surface area contributed by atoms with Gasteiger partial charge in [0, 0.05) is 16.8 Å². The van der Waals surface area contributed by atoms with Gasteiger partial charge in [-0.2, -0.15) is 0 Å². The molecule has 22 heavy (non-hydrogen) atoms. The van der Waals surface area contributed by atoms with E-state index in [4.69, 9.17) is 11.6 Å². The van der Waals surface area contributed by atoms with E-state index in [-0.39, 0.29) is 6.04 Å². The van der Waals surface area contributed by atoms with Crippen LogP contribution in [0.15, 0.2) is 42.5 Å². The number of anilines is 2. The minimum atomic E-state index is -3.30. The van der Waals surface area contributed by atoms with Gasteiger partial charge in [-0.05, 0) is 43.2 Å². The van der Waals surface area contributed by atoms with Crippen LogP contribution in [0.25, 0.3) is 0 Å². The monoisotopic (exact) mass is 338 g/mol. The predicted octanol–water partition coefficient (Wildman–Crippen LogP) is 4.19. The second kappa shape index (κ2) is 6.58. The number of rotatable bonds is 5. The lowest BCUT2D eigenvalue weighted by molar-refractivity contribution is 0.607. The Labute approximate surface area is 136 Å². The fourth-order valence-electron chi connectivity index (χ4n) is 2.18. The summed E-state index contributed by atoms with van der Waals surface area (Å²) in [5.74, 6) is 0. The van der Waals surface area contributed by atoms with Crippen molar-refractivity contribution in [2.24, 2.45) is 0 Å². The smallest absolute Gasteiger partial charge is 0.229 e. The number of halogens is 1. The SMILES string of the molecule is Cc1ccc(NC(C)c2ccccc2Cl)cc1NS(C)(=O)=O. The van der Waals surface area contributed by atoms with E-state index in [1.807, 2.05) is 50.2 Å². The maximum atomic E-state index is 11.4. The van der Waals surface area contributed by atoms with Gasteiger partial charge >= 0.3 is 0 Å². The summed E-state index contributed by atoms with van der Waals surface area (Å²) in [6.07, 6.45) is 1.14. The highest BCUT2D eigenvalue weighted by atomic mass is 35.5. The summed E-state index contributed by atoms with van der Waals surface area (Å²) in [4.78, 5) is 0. The van der Waals surface area contributed by atoms with Gasteiger partial charge in [0.2, 0.25) is 10.0 Å². The van der Waals surface area contributed by atoms with E-state index < -0.39 is 10.0 Å². The van der Waals surface area contributed by atoms with Gasteiger partial charge in [-0.25, -0.2) is 8.42 Å². The molecule has 1 atom stereocenters. The highest BCUT2D eigenvalue weighted by Gasteiger charge is 2.11. The van der Waals surface area contributed by atoms with E-state index in [9.17, 15) is 8.42 Å². The molecule has 0 fully saturated rings. The Morgan fingerprint density at radius 1 is 1.14 bits per heavy atom. The molecule has 0 bridgehead atoms. The Bertz CT molecular complexity index is 775. The molecule has 0 aliphatic carbocycles. The molecule has 118 valence electrons. The zero-order chi connectivity index (χ0) is 16.3. The number of benzene rings is 2. The van der Waals surface area contributed by atoms with Crippen LogP contribution in [0.3, 0.4) is 0 Å². The Hall–Kier alpha value is -1.72. The molecule has 0 aromatic heterocycles. The lowest BCUT2D eigenvalue weighted by Crippen LogP contribution is -2.12. The molecule has 2 aromatic rings. The molecule has 0 amide bonds. The van der Waals surface area contributed by atoms with Crippen molar-refractivity contribution in [2.45, 2.75) is 19.9 Å². The number of nitrogens with one attached hydrogen (secondary N) is 2. The molecule has 0 radical (unpaired) electrons. The van der Waals surface area contributed by atoms with Crippen molar-refractivity contribution in [3.8, 4) is 0 Å². The fourth-order valence-corrected chi connectivity index (χ4v) is 3.09. The molecule has 0 saturated heterocycles. The van der Waals surface area contributed by atoms with Crippen LogP contribution in [-0.4, -0.2) is 14.7 Å². The van der Waals surface area contributed by atoms with Crippen molar-refractivity contribution in [3.05, 3.63) is 58.6 Å². The minimum Gasteiger partial charge on any atom is -0.378 e. The average molecular weight is 339 g/mol. The van der Waals surface area contributed by atoms with E-state index in [0.717, 1.165) is 23.1 Å². The number of sulfonamides is 1. The van der Waals surface area contributed by atoms with E-state index in [0.29, 0.717) is 10.7 Å². The maximum absolute atomic E-state index is 11.4. The Morgan fingerprint density at radius 3 is 2.45 bits per heavy atom. The van der Waals surface area contributed by atoms with Crippen molar-refractivity contribution in [1.82, 2.24) is 0 Å². The number of hydrogen-bond acceptors (Lipinski definition) is 3. The van der Waals surface area contributed by atoms with E-state index in [2.05, 4.69) is 10.0 Å². The standard InChI is InChI=1S/C16H19ClN2O2S/c1-11-8-9-13(10-16(11)19-22(3,20)21)18-12(2)14-6-4-5-7-15(14)17/h4-10,12,18-19H,1-3H3. The first-order valence-corrected chi connectivity index (χ1v) is 9.12. The second-order valence-corrected chi connectivity index (χ2v) is 7.45. The molecule has 2 rings (SSSR count). The fraction of sp³-hybridized carbons (Fsp3) is 0.250. The third-order valence-electron chi connectivity index (χ3n) is 3.29. The Morgan fingerprint density at radius 2 is 1.82 bits per heavy atom. The average Bonchev–Trinajstić information content (AvgIpc) is 2.41. The predicted molar refractivity (Wildman–Crippen MR) is 93.1 cm³/mol. The van der Waals surface area contributed by atoms with Crippen LogP contribution in [0.5, 0.6) is 0 Å². The third kappa shape index (κ3) is 4.39. The van der Waals surface area contributed by atoms with Crippen LogP contribution in [0.1, 0.15) is 24.1 Å². The largest absolute Gasteiger partial charge is 0.378 e. The summed E-state index contributed by atoms with van der Waals surface area (Å²) >= 11 is 6.20. The molecule has 6 heteroatoms. The Balaban J connectivity index is 2.23. The van der Waals surface area contributed by atoms with Crippen molar-refractivity contribution in [2.75, 3.05) is 16.3 Å². The van der Waals surface area contributed by atoms with Crippen LogP contribution in [-0.2, 0) is 10.0 Å². The minimum absolute atomic E-state index is 0.00231. The lowest BCUT2D eigenvalue weighted by Gasteiger charge is -2.18. The van der Waals surface area contributed by atoms with Gasteiger partial charge < -0.3 is 5.32 Å². The summed E-state index contributed by atoms with van der Waals surface area (Å²) in [7, 11) is -3.30. The first-order valence-electron chi connectivity index (χ1n) is 6.85. The van der Waals surface area contributed by atoms with Gasteiger partial charge in [0.25, 0.3) is 0 Å². The van der Waals surface area contributed by atoms with Crippen LogP contribution in [0, 0.1) is 6.92 Å². The molecule has 1 unspecified atom stereocenters. The zero-order valence-electron chi connectivity index (χ0n) is 12.7. The maximum Gasteiger partial charge on any atom is 0.229 e. The molecule has 0 aliphatic heterocycles. The molecule has 2 N–H and O–H groups in total. The molecule has 2 aromatic carbocycles. The first-order chi connectivity index (χ1) is 10.3.